The lowest BCUT2D eigenvalue weighted by atomic mass is 9.94. The molecule has 1 aliphatic rings. The summed E-state index contributed by atoms with van der Waals surface area (Å²) in [4.78, 5) is 0. The zero-order valence-corrected chi connectivity index (χ0v) is 9.62. The smallest absolute Gasteiger partial charge is 0.0830 e. The summed E-state index contributed by atoms with van der Waals surface area (Å²) in [6, 6.07) is 0. The van der Waals surface area contributed by atoms with Gasteiger partial charge in [-0.2, -0.15) is 0 Å². The Balaban J connectivity index is 2.58. The molecule has 12 heavy (non-hydrogen) atoms. The second-order valence-electron chi connectivity index (χ2n) is 3.63. The summed E-state index contributed by atoms with van der Waals surface area (Å²) in [6.07, 6.45) is 1.83. The average Bonchev–Trinajstić information content (AvgIpc) is 2.32. The van der Waals surface area contributed by atoms with Crippen LogP contribution in [0.15, 0.2) is 11.6 Å². The molecule has 1 heterocycles. The maximum absolute atomic E-state index is 5.78. The topological polar surface area (TPSA) is 9.23 Å². The van der Waals surface area contributed by atoms with Gasteiger partial charge in [-0.25, -0.2) is 0 Å². The highest BCUT2D eigenvalue weighted by atomic mass is 79.9. The molecule has 70 valence electrons. The Hall–Kier alpha value is 0.470. The molecule has 0 aromatic carbocycles. The van der Waals surface area contributed by atoms with Crippen LogP contribution in [0.1, 0.15) is 19.8 Å². The van der Waals surface area contributed by atoms with Crippen LogP contribution in [0.4, 0.5) is 0 Å². The Morgan fingerprint density at radius 2 is 2.50 bits per heavy atom. The molecule has 1 saturated heterocycles. The van der Waals surface area contributed by atoms with Gasteiger partial charge in [0.15, 0.2) is 0 Å². The summed E-state index contributed by atoms with van der Waals surface area (Å²) < 4.78 is 5.72. The summed E-state index contributed by atoms with van der Waals surface area (Å²) in [5, 5.41) is 1.53. The third kappa shape index (κ3) is 2.48. The summed E-state index contributed by atoms with van der Waals surface area (Å²) >= 11 is 9.24. The van der Waals surface area contributed by atoms with Gasteiger partial charge in [0.05, 0.1) is 12.2 Å². The first kappa shape index (κ1) is 10.6. The molecule has 3 heteroatoms. The van der Waals surface area contributed by atoms with E-state index in [-0.39, 0.29) is 5.60 Å². The third-order valence-corrected chi connectivity index (χ3v) is 3.31. The van der Waals surface area contributed by atoms with Crippen LogP contribution in [0.5, 0.6) is 0 Å². The minimum absolute atomic E-state index is 0.0851. The van der Waals surface area contributed by atoms with Crippen LogP contribution < -0.4 is 0 Å². The van der Waals surface area contributed by atoms with Crippen molar-refractivity contribution in [3.8, 4) is 0 Å². The molecule has 0 saturated carbocycles. The second kappa shape index (κ2) is 4.12. The minimum atomic E-state index is -0.0851. The number of rotatable bonds is 3. The van der Waals surface area contributed by atoms with Gasteiger partial charge in [-0.15, -0.1) is 0 Å². The van der Waals surface area contributed by atoms with E-state index in [1.165, 1.54) is 0 Å². The van der Waals surface area contributed by atoms with Crippen LogP contribution in [-0.4, -0.2) is 17.5 Å². The largest absolute Gasteiger partial charge is 0.373 e. The van der Waals surface area contributed by atoms with Crippen LogP contribution in [0.2, 0.25) is 0 Å². The van der Waals surface area contributed by atoms with E-state index in [9.17, 15) is 0 Å². The summed E-state index contributed by atoms with van der Waals surface area (Å²) in [5.41, 5.74) is -0.0851. The molecule has 1 aliphatic heterocycles. The van der Waals surface area contributed by atoms with Gasteiger partial charge in [-0.1, -0.05) is 41.0 Å². The van der Waals surface area contributed by atoms with E-state index < -0.39 is 0 Å². The number of ether oxygens (including phenoxy) is 1. The van der Waals surface area contributed by atoms with Gasteiger partial charge in [-0.3, -0.25) is 0 Å². The van der Waals surface area contributed by atoms with Crippen LogP contribution >= 0.6 is 27.5 Å². The van der Waals surface area contributed by atoms with Crippen molar-refractivity contribution >= 4 is 27.5 Å². The molecule has 0 aliphatic carbocycles. The van der Waals surface area contributed by atoms with Gasteiger partial charge in [0.25, 0.3) is 0 Å². The van der Waals surface area contributed by atoms with Crippen LogP contribution in [0.3, 0.4) is 0 Å². The van der Waals surface area contributed by atoms with Crippen molar-refractivity contribution in [1.82, 2.24) is 0 Å². The monoisotopic (exact) mass is 252 g/mol. The Labute approximate surface area is 87.2 Å². The van der Waals surface area contributed by atoms with Crippen molar-refractivity contribution in [3.05, 3.63) is 11.6 Å². The quantitative estimate of drug-likeness (QED) is 0.701. The fourth-order valence-corrected chi connectivity index (χ4v) is 2.52. The lowest BCUT2D eigenvalue weighted by molar-refractivity contribution is 0.0262. The van der Waals surface area contributed by atoms with E-state index in [1.54, 1.807) is 0 Å². The van der Waals surface area contributed by atoms with E-state index in [4.69, 9.17) is 16.3 Å². The predicted octanol–water partition coefficient (Wildman–Crippen LogP) is 3.32. The summed E-state index contributed by atoms with van der Waals surface area (Å²) in [6.45, 7) is 6.74. The van der Waals surface area contributed by atoms with E-state index in [0.29, 0.717) is 11.0 Å². The zero-order chi connectivity index (χ0) is 9.19. The van der Waals surface area contributed by atoms with Gasteiger partial charge in [0.2, 0.25) is 0 Å². The highest BCUT2D eigenvalue weighted by Crippen LogP contribution is 2.36. The second-order valence-corrected chi connectivity index (χ2v) is 4.73. The Morgan fingerprint density at radius 3 is 2.83 bits per heavy atom. The zero-order valence-electron chi connectivity index (χ0n) is 7.28. The van der Waals surface area contributed by atoms with Crippen molar-refractivity contribution in [2.24, 2.45) is 5.92 Å². The number of alkyl halides is 1. The molecule has 1 nitrogen and oxygen atoms in total. The fraction of sp³-hybridized carbons (Fsp3) is 0.778. The van der Waals surface area contributed by atoms with Gasteiger partial charge >= 0.3 is 0 Å². The summed E-state index contributed by atoms with van der Waals surface area (Å²) in [7, 11) is 0. The highest BCUT2D eigenvalue weighted by molar-refractivity contribution is 9.09. The van der Waals surface area contributed by atoms with Crippen molar-refractivity contribution in [3.63, 3.8) is 0 Å². The Kier molecular flexibility index (Phi) is 3.62. The van der Waals surface area contributed by atoms with E-state index >= 15 is 0 Å². The number of halogens is 2. The molecule has 1 fully saturated rings. The molecular formula is C9H14BrClO. The maximum atomic E-state index is 5.78. The summed E-state index contributed by atoms with van der Waals surface area (Å²) in [5.74, 6) is 0.638. The minimum Gasteiger partial charge on any atom is -0.373 e. The first-order valence-electron chi connectivity index (χ1n) is 4.11. The third-order valence-electron chi connectivity index (χ3n) is 2.15. The highest BCUT2D eigenvalue weighted by Gasteiger charge is 2.37. The predicted molar refractivity (Wildman–Crippen MR) is 55.9 cm³/mol. The van der Waals surface area contributed by atoms with Crippen LogP contribution in [0, 0.1) is 5.92 Å². The van der Waals surface area contributed by atoms with Crippen molar-refractivity contribution in [1.29, 1.82) is 0 Å². The number of hydrogen-bond donors (Lipinski definition) is 0. The molecule has 0 N–H and O–H groups in total. The molecule has 0 spiro atoms. The molecule has 1 rings (SSSR count). The molecule has 0 amide bonds. The first-order chi connectivity index (χ1) is 5.58. The van der Waals surface area contributed by atoms with Gasteiger partial charge in [-0.05, 0) is 12.3 Å². The Bertz CT molecular complexity index is 183. The number of hydrogen-bond acceptors (Lipinski definition) is 1. The fourth-order valence-electron chi connectivity index (χ4n) is 1.69. The molecule has 0 aromatic heterocycles. The van der Waals surface area contributed by atoms with Crippen molar-refractivity contribution < 1.29 is 4.74 Å². The SMILES string of the molecule is C=C(Cl)CC1(CBr)CC(C)CO1. The van der Waals surface area contributed by atoms with Gasteiger partial charge in [0.1, 0.15) is 0 Å². The van der Waals surface area contributed by atoms with Crippen LogP contribution in [0.25, 0.3) is 0 Å². The Morgan fingerprint density at radius 1 is 1.83 bits per heavy atom. The van der Waals surface area contributed by atoms with Crippen molar-refractivity contribution in [2.45, 2.75) is 25.4 Å². The lowest BCUT2D eigenvalue weighted by Crippen LogP contribution is -2.29. The first-order valence-corrected chi connectivity index (χ1v) is 5.61. The molecule has 2 atom stereocenters. The normalized spacial score (nSPS) is 35.4. The molecule has 0 aromatic rings. The lowest BCUT2D eigenvalue weighted by Gasteiger charge is -2.25. The van der Waals surface area contributed by atoms with Gasteiger partial charge < -0.3 is 4.74 Å². The van der Waals surface area contributed by atoms with E-state index in [1.807, 2.05) is 0 Å². The molecular weight excluding hydrogens is 239 g/mol. The van der Waals surface area contributed by atoms with E-state index in [0.717, 1.165) is 24.8 Å². The standard InChI is InChI=1S/C9H14BrClO/c1-7-3-9(6-10,12-5-7)4-8(2)11/h7H,2-6H2,1H3. The van der Waals surface area contributed by atoms with Crippen LogP contribution in [-0.2, 0) is 4.74 Å². The average molecular weight is 254 g/mol. The van der Waals surface area contributed by atoms with Crippen molar-refractivity contribution in [2.75, 3.05) is 11.9 Å². The van der Waals surface area contributed by atoms with E-state index in [2.05, 4.69) is 29.4 Å². The van der Waals surface area contributed by atoms with Gasteiger partial charge in [0, 0.05) is 16.8 Å². The molecule has 2 unspecified atom stereocenters. The molecule has 0 radical (unpaired) electrons. The maximum Gasteiger partial charge on any atom is 0.0830 e. The molecule has 0 bridgehead atoms.